The molecule has 0 saturated carbocycles. The summed E-state index contributed by atoms with van der Waals surface area (Å²) in [6.45, 7) is 6.02. The number of rotatable bonds is 3. The van der Waals surface area contributed by atoms with Crippen LogP contribution < -0.4 is 10.9 Å². The number of hydrogen-bond donors (Lipinski definition) is 1. The first-order valence-corrected chi connectivity index (χ1v) is 7.40. The lowest BCUT2D eigenvalue weighted by molar-refractivity contribution is 0.0917. The summed E-state index contributed by atoms with van der Waals surface area (Å²) in [6, 6.07) is 10.5. The second-order valence-electron chi connectivity index (χ2n) is 6.19. The molecule has 0 saturated heterocycles. The third-order valence-electron chi connectivity index (χ3n) is 3.02. The van der Waals surface area contributed by atoms with Crippen LogP contribution in [0, 0.1) is 0 Å². The third-order valence-corrected chi connectivity index (χ3v) is 3.27. The van der Waals surface area contributed by atoms with Gasteiger partial charge >= 0.3 is 0 Å². The highest BCUT2D eigenvalue weighted by Crippen LogP contribution is 2.10. The molecule has 1 aromatic heterocycles. The van der Waals surface area contributed by atoms with E-state index in [1.165, 1.54) is 4.57 Å². The van der Waals surface area contributed by atoms with Gasteiger partial charge in [-0.2, -0.15) is 0 Å². The van der Waals surface area contributed by atoms with Gasteiger partial charge in [-0.3, -0.25) is 9.59 Å². The quantitative estimate of drug-likeness (QED) is 0.945. The zero-order valence-corrected chi connectivity index (χ0v) is 13.6. The Bertz CT molecular complexity index is 728. The van der Waals surface area contributed by atoms with Gasteiger partial charge in [0.15, 0.2) is 0 Å². The molecule has 0 unspecified atom stereocenters. The average molecular weight is 319 g/mol. The molecule has 5 heteroatoms. The van der Waals surface area contributed by atoms with Crippen molar-refractivity contribution in [1.82, 2.24) is 9.88 Å². The van der Waals surface area contributed by atoms with Crippen molar-refractivity contribution in [2.45, 2.75) is 32.9 Å². The highest BCUT2D eigenvalue weighted by molar-refractivity contribution is 6.30. The minimum absolute atomic E-state index is 0.145. The molecule has 0 bridgehead atoms. The van der Waals surface area contributed by atoms with Gasteiger partial charge in [-0.05, 0) is 50.6 Å². The van der Waals surface area contributed by atoms with Gasteiger partial charge in [-0.15, -0.1) is 0 Å². The van der Waals surface area contributed by atoms with Crippen molar-refractivity contribution in [2.75, 3.05) is 0 Å². The number of nitrogens with zero attached hydrogens (tertiary/aromatic N) is 1. The molecule has 0 fully saturated rings. The summed E-state index contributed by atoms with van der Waals surface area (Å²) in [7, 11) is 0. The molecule has 0 aliphatic heterocycles. The summed E-state index contributed by atoms with van der Waals surface area (Å²) in [5, 5.41) is 3.45. The van der Waals surface area contributed by atoms with Crippen molar-refractivity contribution < 1.29 is 4.79 Å². The second-order valence-corrected chi connectivity index (χ2v) is 6.62. The molecule has 116 valence electrons. The normalized spacial score (nSPS) is 11.3. The summed E-state index contributed by atoms with van der Waals surface area (Å²) in [5.74, 6) is -0.358. The molecule has 0 aliphatic rings. The highest BCUT2D eigenvalue weighted by Gasteiger charge is 2.18. The number of halogens is 1. The van der Waals surface area contributed by atoms with Crippen LogP contribution in [0.15, 0.2) is 47.4 Å². The van der Waals surface area contributed by atoms with Crippen LogP contribution in [0.25, 0.3) is 0 Å². The Morgan fingerprint density at radius 2 is 1.82 bits per heavy atom. The standard InChI is InChI=1S/C17H19ClN2O2/c1-17(2,3)19-15(21)14-5-4-10-20(16(14)22)11-12-6-8-13(18)9-7-12/h4-10H,11H2,1-3H3,(H,19,21). The van der Waals surface area contributed by atoms with Gasteiger partial charge in [0.1, 0.15) is 5.56 Å². The van der Waals surface area contributed by atoms with Gasteiger partial charge in [-0.25, -0.2) is 0 Å². The Morgan fingerprint density at radius 3 is 2.41 bits per heavy atom. The van der Waals surface area contributed by atoms with Gasteiger partial charge in [-0.1, -0.05) is 23.7 Å². The zero-order chi connectivity index (χ0) is 16.3. The smallest absolute Gasteiger partial charge is 0.263 e. The molecule has 0 aliphatic carbocycles. The van der Waals surface area contributed by atoms with E-state index >= 15 is 0 Å². The molecular weight excluding hydrogens is 300 g/mol. The molecule has 0 radical (unpaired) electrons. The average Bonchev–Trinajstić information content (AvgIpc) is 2.41. The number of pyridine rings is 1. The minimum Gasteiger partial charge on any atom is -0.347 e. The van der Waals surface area contributed by atoms with Crippen LogP contribution in [0.1, 0.15) is 36.7 Å². The zero-order valence-electron chi connectivity index (χ0n) is 12.9. The van der Waals surface area contributed by atoms with Gasteiger partial charge in [0, 0.05) is 16.8 Å². The molecular formula is C17H19ClN2O2. The van der Waals surface area contributed by atoms with E-state index in [0.29, 0.717) is 11.6 Å². The summed E-state index contributed by atoms with van der Waals surface area (Å²) in [4.78, 5) is 24.6. The fourth-order valence-corrected chi connectivity index (χ4v) is 2.15. The van der Waals surface area contributed by atoms with Crippen molar-refractivity contribution in [3.05, 3.63) is 69.1 Å². The van der Waals surface area contributed by atoms with Crippen molar-refractivity contribution >= 4 is 17.5 Å². The number of hydrogen-bond acceptors (Lipinski definition) is 2. The topological polar surface area (TPSA) is 51.1 Å². The number of benzene rings is 1. The molecule has 2 aromatic rings. The van der Waals surface area contributed by atoms with Crippen LogP contribution >= 0.6 is 11.6 Å². The lowest BCUT2D eigenvalue weighted by Gasteiger charge is -2.20. The van der Waals surface area contributed by atoms with Gasteiger partial charge in [0.05, 0.1) is 6.54 Å². The first-order valence-electron chi connectivity index (χ1n) is 7.03. The number of nitrogens with one attached hydrogen (secondary N) is 1. The fourth-order valence-electron chi connectivity index (χ4n) is 2.03. The van der Waals surface area contributed by atoms with E-state index in [9.17, 15) is 9.59 Å². The largest absolute Gasteiger partial charge is 0.347 e. The minimum atomic E-state index is -0.389. The van der Waals surface area contributed by atoms with E-state index in [1.54, 1.807) is 30.5 Å². The van der Waals surface area contributed by atoms with Gasteiger partial charge < -0.3 is 9.88 Å². The van der Waals surface area contributed by atoms with Gasteiger partial charge in [0.2, 0.25) is 0 Å². The molecule has 1 amide bonds. The SMILES string of the molecule is CC(C)(C)NC(=O)c1cccn(Cc2ccc(Cl)cc2)c1=O. The first-order chi connectivity index (χ1) is 10.3. The van der Waals surface area contributed by atoms with Crippen molar-refractivity contribution in [1.29, 1.82) is 0 Å². The van der Waals surface area contributed by atoms with E-state index < -0.39 is 0 Å². The summed E-state index contributed by atoms with van der Waals surface area (Å²) < 4.78 is 1.51. The van der Waals surface area contributed by atoms with Crippen LogP contribution in [0.2, 0.25) is 5.02 Å². The first kappa shape index (κ1) is 16.3. The molecule has 1 aromatic carbocycles. The Balaban J connectivity index is 2.28. The van der Waals surface area contributed by atoms with Crippen LogP contribution in [0.4, 0.5) is 0 Å². The molecule has 4 nitrogen and oxygen atoms in total. The van der Waals surface area contributed by atoms with E-state index in [-0.39, 0.29) is 22.6 Å². The Morgan fingerprint density at radius 1 is 1.18 bits per heavy atom. The lowest BCUT2D eigenvalue weighted by Crippen LogP contribution is -2.43. The maximum Gasteiger partial charge on any atom is 0.263 e. The third kappa shape index (κ3) is 4.21. The van der Waals surface area contributed by atoms with E-state index in [1.807, 2.05) is 32.9 Å². The number of aromatic nitrogens is 1. The van der Waals surface area contributed by atoms with Crippen LogP contribution in [0.5, 0.6) is 0 Å². The molecule has 1 N–H and O–H groups in total. The lowest BCUT2D eigenvalue weighted by atomic mass is 10.1. The summed E-state index contributed by atoms with van der Waals surface area (Å²) in [5.41, 5.74) is 0.394. The second kappa shape index (κ2) is 6.36. The van der Waals surface area contributed by atoms with Crippen LogP contribution in [-0.4, -0.2) is 16.0 Å². The van der Waals surface area contributed by atoms with Crippen molar-refractivity contribution in [3.8, 4) is 0 Å². The predicted octanol–water partition coefficient (Wildman–Crippen LogP) is 3.08. The van der Waals surface area contributed by atoms with Crippen molar-refractivity contribution in [3.63, 3.8) is 0 Å². The molecule has 0 spiro atoms. The monoisotopic (exact) mass is 318 g/mol. The fraction of sp³-hybridized carbons (Fsp3) is 0.294. The predicted molar refractivity (Wildman–Crippen MR) is 88.5 cm³/mol. The number of amides is 1. The maximum absolute atomic E-state index is 12.4. The Labute approximate surface area is 134 Å². The molecule has 0 atom stereocenters. The summed E-state index contributed by atoms with van der Waals surface area (Å²) >= 11 is 5.85. The number of carbonyl (C=O) groups is 1. The van der Waals surface area contributed by atoms with E-state index in [0.717, 1.165) is 5.56 Å². The highest BCUT2D eigenvalue weighted by atomic mass is 35.5. The van der Waals surface area contributed by atoms with Crippen molar-refractivity contribution in [2.24, 2.45) is 0 Å². The number of carbonyl (C=O) groups excluding carboxylic acids is 1. The molecule has 1 heterocycles. The van der Waals surface area contributed by atoms with E-state index in [4.69, 9.17) is 11.6 Å². The Hall–Kier alpha value is -2.07. The van der Waals surface area contributed by atoms with Gasteiger partial charge in [0.25, 0.3) is 11.5 Å². The maximum atomic E-state index is 12.4. The van der Waals surface area contributed by atoms with E-state index in [2.05, 4.69) is 5.32 Å². The van der Waals surface area contributed by atoms with Crippen LogP contribution in [-0.2, 0) is 6.54 Å². The molecule has 2 rings (SSSR count). The molecule has 22 heavy (non-hydrogen) atoms. The summed E-state index contributed by atoms with van der Waals surface area (Å²) in [6.07, 6.45) is 1.67. The Kier molecular flexibility index (Phi) is 4.71. The van der Waals surface area contributed by atoms with Crippen LogP contribution in [0.3, 0.4) is 0 Å².